The second kappa shape index (κ2) is 7.38. The van der Waals surface area contributed by atoms with Crippen LogP contribution in [0.15, 0.2) is 54.6 Å². The van der Waals surface area contributed by atoms with Crippen molar-refractivity contribution in [2.75, 3.05) is 18.0 Å². The van der Waals surface area contributed by atoms with Crippen molar-refractivity contribution in [2.24, 2.45) is 0 Å². The molecule has 25 heavy (non-hydrogen) atoms. The highest BCUT2D eigenvalue weighted by Crippen LogP contribution is 2.31. The third-order valence-electron chi connectivity index (χ3n) is 4.22. The molecule has 5 heteroatoms. The van der Waals surface area contributed by atoms with Gasteiger partial charge in [-0.25, -0.2) is 4.79 Å². The standard InChI is InChI=1S/C20H22N2O3/c1-15(2)22(12-16-8-4-3-5-9-16)19(23)13-21-14-20(24)25-18-11-7-6-10-17(18)21/h3-11,15H,12-14H2,1-2H3. The minimum Gasteiger partial charge on any atom is -0.423 e. The molecule has 0 N–H and O–H groups in total. The second-order valence-electron chi connectivity index (χ2n) is 6.40. The summed E-state index contributed by atoms with van der Waals surface area (Å²) in [5, 5.41) is 0. The summed E-state index contributed by atoms with van der Waals surface area (Å²) in [7, 11) is 0. The number of para-hydroxylation sites is 2. The maximum absolute atomic E-state index is 12.9. The number of anilines is 1. The van der Waals surface area contributed by atoms with Crippen LogP contribution in [0, 0.1) is 0 Å². The normalized spacial score (nSPS) is 13.4. The topological polar surface area (TPSA) is 49.9 Å². The molecule has 0 radical (unpaired) electrons. The van der Waals surface area contributed by atoms with E-state index in [1.807, 2.05) is 67.3 Å². The molecule has 0 saturated heterocycles. The van der Waals surface area contributed by atoms with Crippen LogP contribution < -0.4 is 9.64 Å². The highest BCUT2D eigenvalue weighted by atomic mass is 16.5. The van der Waals surface area contributed by atoms with Crippen molar-refractivity contribution in [3.63, 3.8) is 0 Å². The number of carbonyl (C=O) groups excluding carboxylic acids is 2. The van der Waals surface area contributed by atoms with Crippen LogP contribution in [-0.4, -0.2) is 35.9 Å². The maximum atomic E-state index is 12.9. The predicted octanol–water partition coefficient (Wildman–Crippen LogP) is 2.85. The minimum absolute atomic E-state index is 0.0108. The number of carbonyl (C=O) groups is 2. The highest BCUT2D eigenvalue weighted by Gasteiger charge is 2.27. The highest BCUT2D eigenvalue weighted by molar-refractivity contribution is 5.89. The van der Waals surface area contributed by atoms with E-state index in [9.17, 15) is 9.59 Å². The second-order valence-corrected chi connectivity index (χ2v) is 6.40. The Morgan fingerprint density at radius 1 is 1.12 bits per heavy atom. The van der Waals surface area contributed by atoms with Crippen LogP contribution in [0.25, 0.3) is 0 Å². The lowest BCUT2D eigenvalue weighted by molar-refractivity contribution is -0.134. The molecule has 0 saturated carbocycles. The zero-order valence-electron chi connectivity index (χ0n) is 14.5. The number of amides is 1. The Hall–Kier alpha value is -2.82. The molecule has 2 aromatic carbocycles. The van der Waals surface area contributed by atoms with Crippen molar-refractivity contribution in [3.8, 4) is 5.75 Å². The van der Waals surface area contributed by atoms with Crippen LogP contribution in [-0.2, 0) is 16.1 Å². The van der Waals surface area contributed by atoms with Gasteiger partial charge in [-0.3, -0.25) is 4.79 Å². The van der Waals surface area contributed by atoms with Crippen LogP contribution in [0.2, 0.25) is 0 Å². The fraction of sp³-hybridized carbons (Fsp3) is 0.300. The Kier molecular flexibility index (Phi) is 5.03. The van der Waals surface area contributed by atoms with Crippen molar-refractivity contribution >= 4 is 17.6 Å². The Morgan fingerprint density at radius 3 is 2.52 bits per heavy atom. The zero-order chi connectivity index (χ0) is 17.8. The first-order chi connectivity index (χ1) is 12.0. The van der Waals surface area contributed by atoms with Gasteiger partial charge >= 0.3 is 5.97 Å². The average Bonchev–Trinajstić information content (AvgIpc) is 2.60. The van der Waals surface area contributed by atoms with Crippen LogP contribution in [0.1, 0.15) is 19.4 Å². The van der Waals surface area contributed by atoms with Gasteiger partial charge in [0.05, 0.1) is 12.2 Å². The van der Waals surface area contributed by atoms with Crippen molar-refractivity contribution in [3.05, 3.63) is 60.2 Å². The SMILES string of the molecule is CC(C)N(Cc1ccccc1)C(=O)CN1CC(=O)Oc2ccccc21. The molecule has 2 aromatic rings. The molecule has 0 unspecified atom stereocenters. The number of esters is 1. The molecule has 0 fully saturated rings. The minimum atomic E-state index is -0.342. The van der Waals surface area contributed by atoms with E-state index < -0.39 is 0 Å². The van der Waals surface area contributed by atoms with E-state index >= 15 is 0 Å². The molecule has 0 spiro atoms. The van der Waals surface area contributed by atoms with Crippen LogP contribution in [0.3, 0.4) is 0 Å². The Bertz CT molecular complexity index is 759. The van der Waals surface area contributed by atoms with Crippen LogP contribution >= 0.6 is 0 Å². The molecule has 130 valence electrons. The molecule has 0 aliphatic carbocycles. The molecule has 1 aliphatic rings. The summed E-state index contributed by atoms with van der Waals surface area (Å²) in [5.74, 6) is 0.153. The number of fused-ring (bicyclic) bond motifs is 1. The van der Waals surface area contributed by atoms with Crippen molar-refractivity contribution in [1.29, 1.82) is 0 Å². The smallest absolute Gasteiger partial charge is 0.331 e. The Labute approximate surface area is 147 Å². The first-order valence-corrected chi connectivity index (χ1v) is 8.42. The lowest BCUT2D eigenvalue weighted by Gasteiger charge is -2.33. The fourth-order valence-electron chi connectivity index (χ4n) is 2.93. The van der Waals surface area contributed by atoms with E-state index in [4.69, 9.17) is 4.74 Å². The lowest BCUT2D eigenvalue weighted by Crippen LogP contribution is -2.46. The molecular formula is C20H22N2O3. The van der Waals surface area contributed by atoms with Gasteiger partial charge in [-0.05, 0) is 31.5 Å². The van der Waals surface area contributed by atoms with Crippen molar-refractivity contribution in [2.45, 2.75) is 26.4 Å². The molecule has 1 aliphatic heterocycles. The summed E-state index contributed by atoms with van der Waals surface area (Å²) >= 11 is 0. The number of nitrogens with zero attached hydrogens (tertiary/aromatic N) is 2. The molecule has 5 nitrogen and oxygen atoms in total. The molecule has 0 aromatic heterocycles. The number of benzene rings is 2. The summed E-state index contributed by atoms with van der Waals surface area (Å²) in [4.78, 5) is 28.3. The molecular weight excluding hydrogens is 316 g/mol. The predicted molar refractivity (Wildman–Crippen MR) is 96.4 cm³/mol. The lowest BCUT2D eigenvalue weighted by atomic mass is 10.1. The third kappa shape index (κ3) is 3.99. The van der Waals surface area contributed by atoms with Gasteiger partial charge in [0, 0.05) is 12.6 Å². The zero-order valence-corrected chi connectivity index (χ0v) is 14.5. The first-order valence-electron chi connectivity index (χ1n) is 8.42. The largest absolute Gasteiger partial charge is 0.423 e. The van der Waals surface area contributed by atoms with Gasteiger partial charge in [0.1, 0.15) is 6.54 Å². The average molecular weight is 338 g/mol. The molecule has 1 heterocycles. The monoisotopic (exact) mass is 338 g/mol. The van der Waals surface area contributed by atoms with E-state index in [1.54, 1.807) is 11.0 Å². The van der Waals surface area contributed by atoms with Gasteiger partial charge in [0.25, 0.3) is 0 Å². The van der Waals surface area contributed by atoms with E-state index in [2.05, 4.69) is 0 Å². The van der Waals surface area contributed by atoms with Gasteiger partial charge in [-0.2, -0.15) is 0 Å². The van der Waals surface area contributed by atoms with Gasteiger partial charge in [-0.1, -0.05) is 42.5 Å². The first kappa shape index (κ1) is 17.0. The molecule has 0 atom stereocenters. The third-order valence-corrected chi connectivity index (χ3v) is 4.22. The number of hydrogen-bond acceptors (Lipinski definition) is 4. The summed E-state index contributed by atoms with van der Waals surface area (Å²) < 4.78 is 5.24. The van der Waals surface area contributed by atoms with E-state index in [0.29, 0.717) is 12.3 Å². The van der Waals surface area contributed by atoms with Crippen LogP contribution in [0.5, 0.6) is 5.75 Å². The van der Waals surface area contributed by atoms with E-state index in [0.717, 1.165) is 11.3 Å². The van der Waals surface area contributed by atoms with Gasteiger partial charge < -0.3 is 14.5 Å². The Morgan fingerprint density at radius 2 is 1.80 bits per heavy atom. The van der Waals surface area contributed by atoms with E-state index in [1.165, 1.54) is 0 Å². The maximum Gasteiger partial charge on any atom is 0.331 e. The molecule has 3 rings (SSSR count). The van der Waals surface area contributed by atoms with Gasteiger partial charge in [0.15, 0.2) is 5.75 Å². The summed E-state index contributed by atoms with van der Waals surface area (Å²) in [5.41, 5.74) is 1.86. The van der Waals surface area contributed by atoms with E-state index in [-0.39, 0.29) is 31.0 Å². The summed E-state index contributed by atoms with van der Waals surface area (Å²) in [6, 6.07) is 17.3. The fourth-order valence-corrected chi connectivity index (χ4v) is 2.93. The number of hydrogen-bond donors (Lipinski definition) is 0. The quantitative estimate of drug-likeness (QED) is 0.621. The number of ether oxygens (including phenoxy) is 1. The Balaban J connectivity index is 1.76. The van der Waals surface area contributed by atoms with Gasteiger partial charge in [0.2, 0.25) is 5.91 Å². The molecule has 1 amide bonds. The number of rotatable bonds is 5. The summed E-state index contributed by atoms with van der Waals surface area (Å²) in [6.07, 6.45) is 0. The summed E-state index contributed by atoms with van der Waals surface area (Å²) in [6.45, 7) is 4.78. The van der Waals surface area contributed by atoms with Crippen molar-refractivity contribution in [1.82, 2.24) is 4.90 Å². The van der Waals surface area contributed by atoms with Crippen LogP contribution in [0.4, 0.5) is 5.69 Å². The van der Waals surface area contributed by atoms with Crippen molar-refractivity contribution < 1.29 is 14.3 Å². The van der Waals surface area contributed by atoms with Gasteiger partial charge in [-0.15, -0.1) is 0 Å². The molecule has 0 bridgehead atoms.